The molecule has 1 aromatic rings. The molecule has 0 aliphatic rings. The molecule has 0 saturated heterocycles. The molecule has 1 rings (SSSR count). The van der Waals surface area contributed by atoms with Gasteiger partial charge in [0.05, 0.1) is 12.0 Å². The Morgan fingerprint density at radius 3 is 2.81 bits per heavy atom. The quantitative estimate of drug-likeness (QED) is 0.434. The standard InChI is InChI=1S/C13H17BrN2O5/c1-3-7-15-9(13(17)20-2)8-21-11-6-4-5-10(12(11)14)16(18)19/h4-6,9,15H,3,7-8H2,1-2H3. The zero-order chi connectivity index (χ0) is 15.8. The van der Waals surface area contributed by atoms with Crippen LogP contribution in [0.5, 0.6) is 5.75 Å². The third-order valence-electron chi connectivity index (χ3n) is 2.67. The van der Waals surface area contributed by atoms with Crippen LogP contribution in [0.4, 0.5) is 5.69 Å². The molecule has 0 bridgehead atoms. The van der Waals surface area contributed by atoms with E-state index in [0.29, 0.717) is 12.3 Å². The highest BCUT2D eigenvalue weighted by Crippen LogP contribution is 2.33. The Hall–Kier alpha value is -1.67. The van der Waals surface area contributed by atoms with Crippen LogP contribution in [0.3, 0.4) is 0 Å². The van der Waals surface area contributed by atoms with E-state index in [-0.39, 0.29) is 16.8 Å². The van der Waals surface area contributed by atoms with Gasteiger partial charge in [-0.05, 0) is 35.0 Å². The van der Waals surface area contributed by atoms with Crippen LogP contribution in [-0.4, -0.2) is 37.2 Å². The number of carbonyl (C=O) groups is 1. The SMILES string of the molecule is CCCNC(COc1cccc([N+](=O)[O-])c1Br)C(=O)OC. The highest BCUT2D eigenvalue weighted by molar-refractivity contribution is 9.10. The molecule has 0 heterocycles. The molecule has 116 valence electrons. The Morgan fingerprint density at radius 2 is 2.24 bits per heavy atom. The number of nitrogens with one attached hydrogen (secondary N) is 1. The smallest absolute Gasteiger partial charge is 0.326 e. The monoisotopic (exact) mass is 360 g/mol. The third kappa shape index (κ3) is 4.98. The number of nitro groups is 1. The van der Waals surface area contributed by atoms with Crippen LogP contribution in [-0.2, 0) is 9.53 Å². The third-order valence-corrected chi connectivity index (χ3v) is 3.47. The van der Waals surface area contributed by atoms with Crippen LogP contribution in [0, 0.1) is 10.1 Å². The van der Waals surface area contributed by atoms with Crippen molar-refractivity contribution in [2.24, 2.45) is 0 Å². The van der Waals surface area contributed by atoms with Gasteiger partial charge in [-0.15, -0.1) is 0 Å². The van der Waals surface area contributed by atoms with E-state index in [0.717, 1.165) is 6.42 Å². The lowest BCUT2D eigenvalue weighted by Crippen LogP contribution is -2.42. The molecule has 1 atom stereocenters. The van der Waals surface area contributed by atoms with Crippen LogP contribution in [0.1, 0.15) is 13.3 Å². The number of hydrogen-bond acceptors (Lipinski definition) is 6. The molecule has 1 aromatic carbocycles. The second-order valence-corrected chi connectivity index (χ2v) is 4.98. The van der Waals surface area contributed by atoms with Gasteiger partial charge in [-0.2, -0.15) is 0 Å². The van der Waals surface area contributed by atoms with Crippen molar-refractivity contribution in [3.63, 3.8) is 0 Å². The van der Waals surface area contributed by atoms with Gasteiger partial charge in [0.25, 0.3) is 5.69 Å². The van der Waals surface area contributed by atoms with Crippen LogP contribution < -0.4 is 10.1 Å². The zero-order valence-electron chi connectivity index (χ0n) is 11.8. The Morgan fingerprint density at radius 1 is 1.52 bits per heavy atom. The number of hydrogen-bond donors (Lipinski definition) is 1. The number of nitro benzene ring substituents is 1. The Kier molecular flexibility index (Phi) is 7.10. The van der Waals surface area contributed by atoms with Crippen molar-refractivity contribution in [3.05, 3.63) is 32.8 Å². The summed E-state index contributed by atoms with van der Waals surface area (Å²) < 4.78 is 10.4. The number of benzene rings is 1. The molecule has 0 aliphatic carbocycles. The van der Waals surface area contributed by atoms with Crippen LogP contribution >= 0.6 is 15.9 Å². The van der Waals surface area contributed by atoms with Crippen LogP contribution in [0.15, 0.2) is 22.7 Å². The van der Waals surface area contributed by atoms with Gasteiger partial charge in [0.1, 0.15) is 22.9 Å². The first kappa shape index (κ1) is 17.4. The second-order valence-electron chi connectivity index (χ2n) is 4.19. The number of nitrogens with zero attached hydrogens (tertiary/aromatic N) is 1. The number of methoxy groups -OCH3 is 1. The lowest BCUT2D eigenvalue weighted by atomic mass is 10.3. The van der Waals surface area contributed by atoms with E-state index in [1.807, 2.05) is 6.92 Å². The highest BCUT2D eigenvalue weighted by atomic mass is 79.9. The maximum atomic E-state index is 11.6. The summed E-state index contributed by atoms with van der Waals surface area (Å²) in [5.74, 6) is -0.138. The molecule has 1 unspecified atom stereocenters. The average molecular weight is 361 g/mol. The first-order valence-electron chi connectivity index (χ1n) is 6.38. The molecule has 0 saturated carbocycles. The van der Waals surface area contributed by atoms with Crippen molar-refractivity contribution < 1.29 is 19.2 Å². The van der Waals surface area contributed by atoms with Crippen molar-refractivity contribution in [1.82, 2.24) is 5.32 Å². The van der Waals surface area contributed by atoms with E-state index < -0.39 is 16.9 Å². The number of rotatable bonds is 8. The summed E-state index contributed by atoms with van der Waals surface area (Å²) in [6.07, 6.45) is 0.855. The van der Waals surface area contributed by atoms with Crippen molar-refractivity contribution in [2.45, 2.75) is 19.4 Å². The van der Waals surface area contributed by atoms with Crippen molar-refractivity contribution in [1.29, 1.82) is 0 Å². The van der Waals surface area contributed by atoms with E-state index in [1.54, 1.807) is 6.07 Å². The highest BCUT2D eigenvalue weighted by Gasteiger charge is 2.21. The predicted octanol–water partition coefficient (Wildman–Crippen LogP) is 2.28. The minimum absolute atomic E-state index is 0.0203. The fourth-order valence-electron chi connectivity index (χ4n) is 1.60. The number of esters is 1. The Balaban J connectivity index is 2.78. The molecule has 0 amide bonds. The fourth-order valence-corrected chi connectivity index (χ4v) is 2.12. The lowest BCUT2D eigenvalue weighted by molar-refractivity contribution is -0.385. The van der Waals surface area contributed by atoms with Gasteiger partial charge in [-0.25, -0.2) is 0 Å². The summed E-state index contributed by atoms with van der Waals surface area (Å²) in [7, 11) is 1.30. The molecule has 0 spiro atoms. The van der Waals surface area contributed by atoms with Crippen molar-refractivity contribution >= 4 is 27.6 Å². The maximum Gasteiger partial charge on any atom is 0.326 e. The second kappa shape index (κ2) is 8.58. The number of ether oxygens (including phenoxy) is 2. The first-order chi connectivity index (χ1) is 10.0. The van der Waals surface area contributed by atoms with E-state index >= 15 is 0 Å². The summed E-state index contributed by atoms with van der Waals surface area (Å²) in [6, 6.07) is 3.85. The van der Waals surface area contributed by atoms with Crippen LogP contribution in [0.25, 0.3) is 0 Å². The number of halogens is 1. The molecular weight excluding hydrogens is 344 g/mol. The van der Waals surface area contributed by atoms with Gasteiger partial charge in [-0.1, -0.05) is 13.0 Å². The fraction of sp³-hybridized carbons (Fsp3) is 0.462. The average Bonchev–Trinajstić information content (AvgIpc) is 2.47. The van der Waals surface area contributed by atoms with E-state index in [4.69, 9.17) is 4.74 Å². The molecule has 1 N–H and O–H groups in total. The molecule has 0 aromatic heterocycles. The predicted molar refractivity (Wildman–Crippen MR) is 80.4 cm³/mol. The van der Waals surface area contributed by atoms with Crippen LogP contribution in [0.2, 0.25) is 0 Å². The zero-order valence-corrected chi connectivity index (χ0v) is 13.4. The molecular formula is C13H17BrN2O5. The molecule has 0 radical (unpaired) electrons. The van der Waals surface area contributed by atoms with E-state index in [9.17, 15) is 14.9 Å². The topological polar surface area (TPSA) is 90.7 Å². The van der Waals surface area contributed by atoms with E-state index in [2.05, 4.69) is 26.0 Å². The van der Waals surface area contributed by atoms with Gasteiger partial charge in [0.2, 0.25) is 0 Å². The maximum absolute atomic E-state index is 11.6. The number of carbonyl (C=O) groups excluding carboxylic acids is 1. The molecule has 8 heteroatoms. The molecule has 0 fully saturated rings. The molecule has 21 heavy (non-hydrogen) atoms. The minimum atomic E-state index is -0.624. The van der Waals surface area contributed by atoms with E-state index in [1.165, 1.54) is 19.2 Å². The largest absolute Gasteiger partial charge is 0.490 e. The summed E-state index contributed by atoms with van der Waals surface area (Å²) in [5, 5.41) is 13.8. The molecule has 0 aliphatic heterocycles. The van der Waals surface area contributed by atoms with Gasteiger partial charge < -0.3 is 14.8 Å². The summed E-state index contributed by atoms with van der Waals surface area (Å²) in [4.78, 5) is 21.9. The summed E-state index contributed by atoms with van der Waals surface area (Å²) in [5.41, 5.74) is -0.0939. The van der Waals surface area contributed by atoms with Gasteiger partial charge in [-0.3, -0.25) is 14.9 Å². The normalized spacial score (nSPS) is 11.8. The Bertz CT molecular complexity index is 509. The van der Waals surface area contributed by atoms with Gasteiger partial charge in [0, 0.05) is 6.07 Å². The Labute approximate surface area is 130 Å². The van der Waals surface area contributed by atoms with Crippen molar-refractivity contribution in [3.8, 4) is 5.75 Å². The molecule has 7 nitrogen and oxygen atoms in total. The minimum Gasteiger partial charge on any atom is -0.490 e. The summed E-state index contributed by atoms with van der Waals surface area (Å²) in [6.45, 7) is 2.63. The van der Waals surface area contributed by atoms with Crippen molar-refractivity contribution in [2.75, 3.05) is 20.3 Å². The van der Waals surface area contributed by atoms with Gasteiger partial charge in [0.15, 0.2) is 0 Å². The van der Waals surface area contributed by atoms with Gasteiger partial charge >= 0.3 is 5.97 Å². The lowest BCUT2D eigenvalue weighted by Gasteiger charge is -2.17. The first-order valence-corrected chi connectivity index (χ1v) is 7.17. The summed E-state index contributed by atoms with van der Waals surface area (Å²) >= 11 is 3.14.